The van der Waals surface area contributed by atoms with E-state index in [4.69, 9.17) is 20.2 Å². The number of carbonyl (C=O) groups excluding carboxylic acids is 1. The van der Waals surface area contributed by atoms with Gasteiger partial charge < -0.3 is 4.81 Å². The van der Waals surface area contributed by atoms with Crippen molar-refractivity contribution in [3.63, 3.8) is 0 Å². The van der Waals surface area contributed by atoms with Crippen LogP contribution in [0.2, 0.25) is 0 Å². The summed E-state index contributed by atoms with van der Waals surface area (Å²) in [6, 6.07) is 0. The summed E-state index contributed by atoms with van der Waals surface area (Å²) in [5.74, 6) is -0.0718. The van der Waals surface area contributed by atoms with Gasteiger partial charge in [-0.1, -0.05) is 30.9 Å². The number of hydrogen-bond acceptors (Lipinski definition) is 3. The fourth-order valence-electron chi connectivity index (χ4n) is 0.732. The normalized spacial score (nSPS) is 26.1. The van der Waals surface area contributed by atoms with Gasteiger partial charge in [0.2, 0.25) is 13.9 Å². The lowest BCUT2D eigenvalue weighted by Crippen LogP contribution is -2.28. The number of hydrogen-bond donors (Lipinski definition) is 0. The van der Waals surface area contributed by atoms with Crippen LogP contribution in [0.25, 0.3) is 0 Å². The smallest absolute Gasteiger partial charge is 0.240 e. The first-order valence-electron chi connectivity index (χ1n) is 2.96. The maximum atomic E-state index is 11.0. The van der Waals surface area contributed by atoms with Crippen LogP contribution in [-0.4, -0.2) is 28.3 Å². The van der Waals surface area contributed by atoms with Gasteiger partial charge in [-0.05, 0) is 6.42 Å². The molecule has 5 heteroatoms. The van der Waals surface area contributed by atoms with Gasteiger partial charge in [-0.15, -0.1) is 0 Å². The molecule has 1 saturated heterocycles. The SMILES string of the molecule is [B]N1C(=O)C(CC)SC1=S. The largest absolute Gasteiger partial charge is 0.354 e. The van der Waals surface area contributed by atoms with Crippen LogP contribution in [0.4, 0.5) is 0 Å². The third-order valence-corrected chi connectivity index (χ3v) is 3.03. The van der Waals surface area contributed by atoms with Gasteiger partial charge in [-0.3, -0.25) is 4.79 Å². The second kappa shape index (κ2) is 2.92. The van der Waals surface area contributed by atoms with Crippen LogP contribution in [0.3, 0.4) is 0 Å². The predicted molar refractivity (Wildman–Crippen MR) is 46.9 cm³/mol. The topological polar surface area (TPSA) is 20.3 Å². The first kappa shape index (κ1) is 8.08. The molecule has 0 spiro atoms. The van der Waals surface area contributed by atoms with Crippen molar-refractivity contribution in [2.45, 2.75) is 18.6 Å². The Bertz CT molecular complexity index is 184. The Kier molecular flexibility index (Phi) is 2.36. The number of thiocarbonyl (C=S) groups is 1. The molecule has 0 aromatic rings. The summed E-state index contributed by atoms with van der Waals surface area (Å²) in [6.07, 6.45) is 0.789. The number of carbonyl (C=O) groups is 1. The highest BCUT2D eigenvalue weighted by Gasteiger charge is 2.31. The Balaban J connectivity index is 2.71. The van der Waals surface area contributed by atoms with Gasteiger partial charge in [0.15, 0.2) is 0 Å². The maximum Gasteiger partial charge on any atom is 0.240 e. The molecule has 0 aromatic heterocycles. The highest BCUT2D eigenvalue weighted by molar-refractivity contribution is 8.24. The van der Waals surface area contributed by atoms with Crippen LogP contribution < -0.4 is 0 Å². The van der Waals surface area contributed by atoms with Crippen molar-refractivity contribution in [3.05, 3.63) is 0 Å². The van der Waals surface area contributed by atoms with E-state index < -0.39 is 0 Å². The highest BCUT2D eigenvalue weighted by Crippen LogP contribution is 2.27. The van der Waals surface area contributed by atoms with Crippen LogP contribution in [0.15, 0.2) is 0 Å². The first-order chi connectivity index (χ1) is 4.66. The number of thioether (sulfide) groups is 1. The summed E-state index contributed by atoms with van der Waals surface area (Å²) >= 11 is 6.17. The van der Waals surface area contributed by atoms with E-state index in [-0.39, 0.29) is 11.2 Å². The molecule has 1 unspecified atom stereocenters. The average Bonchev–Trinajstić information content (AvgIpc) is 2.17. The van der Waals surface area contributed by atoms with Crippen molar-refractivity contribution >= 4 is 42.2 Å². The fourth-order valence-corrected chi connectivity index (χ4v) is 2.00. The Morgan fingerprint density at radius 3 is 2.70 bits per heavy atom. The van der Waals surface area contributed by atoms with E-state index in [0.29, 0.717) is 4.32 Å². The van der Waals surface area contributed by atoms with Gasteiger partial charge in [0.1, 0.15) is 4.32 Å². The van der Waals surface area contributed by atoms with Gasteiger partial charge in [-0.2, -0.15) is 0 Å². The molecule has 1 aliphatic rings. The Labute approximate surface area is 70.8 Å². The molecule has 1 amide bonds. The monoisotopic (exact) mass is 171 g/mol. The third kappa shape index (κ3) is 1.20. The van der Waals surface area contributed by atoms with Gasteiger partial charge >= 0.3 is 0 Å². The molecule has 0 aliphatic carbocycles. The summed E-state index contributed by atoms with van der Waals surface area (Å²) in [5, 5.41) is -0.0440. The van der Waals surface area contributed by atoms with Crippen LogP contribution in [0.5, 0.6) is 0 Å². The van der Waals surface area contributed by atoms with E-state index in [1.54, 1.807) is 0 Å². The van der Waals surface area contributed by atoms with Gasteiger partial charge in [0, 0.05) is 0 Å². The lowest BCUT2D eigenvalue weighted by Gasteiger charge is -2.06. The minimum atomic E-state index is -0.0718. The molecule has 0 N–H and O–H groups in total. The van der Waals surface area contributed by atoms with E-state index in [9.17, 15) is 4.79 Å². The summed E-state index contributed by atoms with van der Waals surface area (Å²) in [5.41, 5.74) is 0. The molecule has 1 fully saturated rings. The van der Waals surface area contributed by atoms with Crippen LogP contribution in [0.1, 0.15) is 13.3 Å². The molecule has 0 aromatic carbocycles. The minimum absolute atomic E-state index is 0.0440. The predicted octanol–water partition coefficient (Wildman–Crippen LogP) is 0.709. The number of nitrogens with zero attached hydrogens (tertiary/aromatic N) is 1. The molecule has 1 rings (SSSR count). The molecule has 0 bridgehead atoms. The Morgan fingerprint density at radius 2 is 2.50 bits per heavy atom. The van der Waals surface area contributed by atoms with Gasteiger partial charge in [0.25, 0.3) is 0 Å². The van der Waals surface area contributed by atoms with E-state index in [1.807, 2.05) is 6.92 Å². The lowest BCUT2D eigenvalue weighted by molar-refractivity contribution is -0.122. The van der Waals surface area contributed by atoms with E-state index in [0.717, 1.165) is 11.2 Å². The zero-order chi connectivity index (χ0) is 7.72. The van der Waals surface area contributed by atoms with Crippen molar-refractivity contribution in [2.75, 3.05) is 0 Å². The van der Waals surface area contributed by atoms with Crippen molar-refractivity contribution in [1.82, 2.24) is 4.81 Å². The van der Waals surface area contributed by atoms with Crippen LogP contribution >= 0.6 is 24.0 Å². The summed E-state index contributed by atoms with van der Waals surface area (Å²) in [6.45, 7) is 1.94. The van der Waals surface area contributed by atoms with Gasteiger partial charge in [-0.25, -0.2) is 0 Å². The van der Waals surface area contributed by atoms with Crippen molar-refractivity contribution in [2.24, 2.45) is 0 Å². The summed E-state index contributed by atoms with van der Waals surface area (Å²) < 4.78 is 0.483. The maximum absolute atomic E-state index is 11.0. The lowest BCUT2D eigenvalue weighted by atomic mass is 10.2. The van der Waals surface area contributed by atoms with Crippen LogP contribution in [-0.2, 0) is 4.79 Å². The minimum Gasteiger partial charge on any atom is -0.354 e. The van der Waals surface area contributed by atoms with E-state index in [2.05, 4.69) is 0 Å². The van der Waals surface area contributed by atoms with Crippen molar-refractivity contribution in [3.8, 4) is 0 Å². The standard InChI is InChI=1S/C5H6BNOS2/c1-2-3-4(8)7(6)5(9)10-3/h3H,2H2,1H3. The Hall–Kier alpha value is -0.0251. The quantitative estimate of drug-likeness (QED) is 0.428. The highest BCUT2D eigenvalue weighted by atomic mass is 32.2. The van der Waals surface area contributed by atoms with Crippen molar-refractivity contribution < 1.29 is 4.79 Å². The zero-order valence-electron chi connectivity index (χ0n) is 5.53. The number of amides is 1. The average molecular weight is 171 g/mol. The molecule has 10 heavy (non-hydrogen) atoms. The molecule has 1 atom stereocenters. The molecule has 1 heterocycles. The molecule has 1 aliphatic heterocycles. The third-order valence-electron chi connectivity index (χ3n) is 1.32. The first-order valence-corrected chi connectivity index (χ1v) is 4.25. The van der Waals surface area contributed by atoms with Crippen LogP contribution in [0, 0.1) is 0 Å². The Morgan fingerprint density at radius 1 is 1.90 bits per heavy atom. The van der Waals surface area contributed by atoms with E-state index >= 15 is 0 Å². The summed E-state index contributed by atoms with van der Waals surface area (Å²) in [4.78, 5) is 12.1. The number of rotatable bonds is 1. The van der Waals surface area contributed by atoms with Gasteiger partial charge in [0.05, 0.1) is 5.25 Å². The summed E-state index contributed by atoms with van der Waals surface area (Å²) in [7, 11) is 5.31. The second-order valence-electron chi connectivity index (χ2n) is 1.99. The molecule has 2 radical (unpaired) electrons. The second-order valence-corrected chi connectivity index (χ2v) is 3.83. The fraction of sp³-hybridized carbons (Fsp3) is 0.600. The molecule has 0 saturated carbocycles. The molecular weight excluding hydrogens is 165 g/mol. The molecule has 52 valence electrons. The van der Waals surface area contributed by atoms with Crippen molar-refractivity contribution in [1.29, 1.82) is 0 Å². The molecular formula is C5H6BNOS2. The van der Waals surface area contributed by atoms with E-state index in [1.165, 1.54) is 11.8 Å². The molecule has 2 nitrogen and oxygen atoms in total. The zero-order valence-corrected chi connectivity index (χ0v) is 7.17.